The molecule has 0 aliphatic carbocycles. The van der Waals surface area contributed by atoms with Crippen LogP contribution in [0.25, 0.3) is 0 Å². The Kier molecular flexibility index (Phi) is 4.94. The normalized spacial score (nSPS) is 21.3. The molecule has 2 aromatic carbocycles. The van der Waals surface area contributed by atoms with Gasteiger partial charge in [0.2, 0.25) is 5.91 Å². The molecule has 4 rings (SSSR count). The largest absolute Gasteiger partial charge is 0.508 e. The van der Waals surface area contributed by atoms with E-state index in [1.54, 1.807) is 18.2 Å². The van der Waals surface area contributed by atoms with Crippen LogP contribution in [0.3, 0.4) is 0 Å². The highest BCUT2D eigenvalue weighted by Crippen LogP contribution is 2.31. The predicted molar refractivity (Wildman–Crippen MR) is 101 cm³/mol. The average Bonchev–Trinajstić information content (AvgIpc) is 2.98. The summed E-state index contributed by atoms with van der Waals surface area (Å²) in [5, 5.41) is 11.2. The van der Waals surface area contributed by atoms with Gasteiger partial charge in [0, 0.05) is 0 Å². The van der Waals surface area contributed by atoms with E-state index in [-0.39, 0.29) is 28.2 Å². The summed E-state index contributed by atoms with van der Waals surface area (Å²) in [4.78, 5) is 22.9. The molecule has 2 unspecified atom stereocenters. The van der Waals surface area contributed by atoms with Gasteiger partial charge in [-0.2, -0.15) is 0 Å². The van der Waals surface area contributed by atoms with Gasteiger partial charge in [-0.3, -0.25) is 14.9 Å². The number of nitrogens with one attached hydrogen (secondary N) is 1. The Morgan fingerprint density at radius 3 is 2.74 bits per heavy atom. The minimum Gasteiger partial charge on any atom is -0.508 e. The Labute approximate surface area is 160 Å². The summed E-state index contributed by atoms with van der Waals surface area (Å²) in [6.45, 7) is 0.440. The summed E-state index contributed by atoms with van der Waals surface area (Å²) in [6, 6.07) is 12.7. The number of rotatable bonds is 5. The molecule has 2 aliphatic rings. The Bertz CT molecular complexity index is 867. The van der Waals surface area contributed by atoms with Crippen LogP contribution >= 0.6 is 11.8 Å². The van der Waals surface area contributed by atoms with E-state index in [9.17, 15) is 14.7 Å². The van der Waals surface area contributed by atoms with Crippen LogP contribution in [-0.2, 0) is 17.6 Å². The van der Waals surface area contributed by atoms with E-state index in [0.717, 1.165) is 47.2 Å². The van der Waals surface area contributed by atoms with Crippen molar-refractivity contribution in [3.8, 4) is 17.2 Å². The number of phenolic OH excluding ortho intramolecular Hbond substituents is 1. The molecule has 6 nitrogen and oxygen atoms in total. The summed E-state index contributed by atoms with van der Waals surface area (Å²) < 4.78 is 11.8. The molecule has 0 aromatic heterocycles. The number of ether oxygens (including phenoxy) is 2. The van der Waals surface area contributed by atoms with Gasteiger partial charge < -0.3 is 14.6 Å². The third-order valence-corrected chi connectivity index (χ3v) is 5.60. The SMILES string of the molecule is O=C1NC(=O)C(Cc2ccc(OCC3CCc4cc(O)ccc4O3)cc2)S1. The standard InChI is InChI=1S/C20H19NO5S/c22-14-4-8-17-13(10-14)3-7-16(26-17)11-25-15-5-1-12(2-6-15)9-18-19(23)21-20(24)27-18/h1-2,4-6,8,10,16,18,22H,3,7,9,11H2,(H,21,23,24). The van der Waals surface area contributed by atoms with Gasteiger partial charge in [-0.15, -0.1) is 0 Å². The minimum atomic E-state index is -0.362. The second kappa shape index (κ2) is 7.52. The third-order valence-electron chi connectivity index (χ3n) is 4.62. The van der Waals surface area contributed by atoms with Gasteiger partial charge in [-0.25, -0.2) is 0 Å². The summed E-state index contributed by atoms with van der Waals surface area (Å²) >= 11 is 1.03. The Hall–Kier alpha value is -2.67. The molecule has 2 aliphatic heterocycles. The van der Waals surface area contributed by atoms with Crippen LogP contribution in [0.5, 0.6) is 17.2 Å². The van der Waals surface area contributed by atoms with Crippen molar-refractivity contribution in [2.24, 2.45) is 0 Å². The zero-order chi connectivity index (χ0) is 18.8. The maximum Gasteiger partial charge on any atom is 0.286 e. The zero-order valence-corrected chi connectivity index (χ0v) is 15.3. The molecule has 2 aromatic rings. The number of carbonyl (C=O) groups excluding carboxylic acids is 2. The molecule has 27 heavy (non-hydrogen) atoms. The van der Waals surface area contributed by atoms with Crippen LogP contribution in [0, 0.1) is 0 Å². The lowest BCUT2D eigenvalue weighted by Crippen LogP contribution is -2.29. The Balaban J connectivity index is 1.30. The number of amides is 2. The first-order chi connectivity index (χ1) is 13.1. The number of benzene rings is 2. The van der Waals surface area contributed by atoms with Crippen molar-refractivity contribution in [1.29, 1.82) is 0 Å². The first-order valence-corrected chi connectivity index (χ1v) is 9.66. The molecule has 2 atom stereocenters. The summed E-state index contributed by atoms with van der Waals surface area (Å²) in [5.41, 5.74) is 2.00. The smallest absolute Gasteiger partial charge is 0.286 e. The molecule has 0 radical (unpaired) electrons. The van der Waals surface area contributed by atoms with Crippen molar-refractivity contribution in [1.82, 2.24) is 5.32 Å². The van der Waals surface area contributed by atoms with Crippen molar-refractivity contribution in [3.05, 3.63) is 53.6 Å². The number of hydrogen-bond donors (Lipinski definition) is 2. The predicted octanol–water partition coefficient (Wildman–Crippen LogP) is 3.06. The quantitative estimate of drug-likeness (QED) is 0.823. The van der Waals surface area contributed by atoms with Gasteiger partial charge in [0.05, 0.1) is 5.25 Å². The van der Waals surface area contributed by atoms with Crippen molar-refractivity contribution < 1.29 is 24.2 Å². The number of fused-ring (bicyclic) bond motifs is 1. The van der Waals surface area contributed by atoms with Gasteiger partial charge in [-0.05, 0) is 60.7 Å². The summed E-state index contributed by atoms with van der Waals surface area (Å²) in [6.07, 6.45) is 2.15. The monoisotopic (exact) mass is 385 g/mol. The summed E-state index contributed by atoms with van der Waals surface area (Å²) in [7, 11) is 0. The first kappa shape index (κ1) is 17.7. The van der Waals surface area contributed by atoms with E-state index < -0.39 is 0 Å². The molecule has 140 valence electrons. The molecule has 0 spiro atoms. The van der Waals surface area contributed by atoms with Crippen LogP contribution in [0.2, 0.25) is 0 Å². The van der Waals surface area contributed by atoms with E-state index in [2.05, 4.69) is 5.32 Å². The highest BCUT2D eigenvalue weighted by molar-refractivity contribution is 8.15. The number of imide groups is 1. The molecule has 1 saturated heterocycles. The maximum absolute atomic E-state index is 11.6. The zero-order valence-electron chi connectivity index (χ0n) is 14.5. The molecule has 0 bridgehead atoms. The number of thioether (sulfide) groups is 1. The number of aryl methyl sites for hydroxylation is 1. The van der Waals surface area contributed by atoms with E-state index in [1.807, 2.05) is 24.3 Å². The van der Waals surface area contributed by atoms with E-state index >= 15 is 0 Å². The summed E-state index contributed by atoms with van der Waals surface area (Å²) in [5.74, 6) is 1.56. The topological polar surface area (TPSA) is 84.9 Å². The number of phenols is 1. The van der Waals surface area contributed by atoms with Gasteiger partial charge >= 0.3 is 0 Å². The molecule has 0 saturated carbocycles. The van der Waals surface area contributed by atoms with Crippen LogP contribution < -0.4 is 14.8 Å². The van der Waals surface area contributed by atoms with E-state index in [4.69, 9.17) is 9.47 Å². The fourth-order valence-electron chi connectivity index (χ4n) is 3.20. The average molecular weight is 385 g/mol. The maximum atomic E-state index is 11.6. The molecule has 2 heterocycles. The van der Waals surface area contributed by atoms with Gasteiger partial charge in [0.25, 0.3) is 5.24 Å². The number of aromatic hydroxyl groups is 1. The van der Waals surface area contributed by atoms with E-state index in [0.29, 0.717) is 13.0 Å². The fraction of sp³-hybridized carbons (Fsp3) is 0.300. The lowest BCUT2D eigenvalue weighted by atomic mass is 10.0. The van der Waals surface area contributed by atoms with Crippen LogP contribution in [0.4, 0.5) is 4.79 Å². The Morgan fingerprint density at radius 2 is 2.00 bits per heavy atom. The van der Waals surface area contributed by atoms with E-state index in [1.165, 1.54) is 0 Å². The van der Waals surface area contributed by atoms with Crippen LogP contribution in [0.15, 0.2) is 42.5 Å². The van der Waals surface area contributed by atoms with Crippen molar-refractivity contribution in [3.63, 3.8) is 0 Å². The molecule has 7 heteroatoms. The molecular weight excluding hydrogens is 366 g/mol. The highest BCUT2D eigenvalue weighted by Gasteiger charge is 2.31. The van der Waals surface area contributed by atoms with Crippen LogP contribution in [0.1, 0.15) is 17.5 Å². The van der Waals surface area contributed by atoms with Crippen molar-refractivity contribution >= 4 is 22.9 Å². The first-order valence-electron chi connectivity index (χ1n) is 8.78. The molecule has 1 fully saturated rings. The van der Waals surface area contributed by atoms with Crippen LogP contribution in [-0.4, -0.2) is 34.2 Å². The van der Waals surface area contributed by atoms with Crippen molar-refractivity contribution in [2.75, 3.05) is 6.61 Å². The number of hydrogen-bond acceptors (Lipinski definition) is 6. The second-order valence-electron chi connectivity index (χ2n) is 6.61. The van der Waals surface area contributed by atoms with Gasteiger partial charge in [-0.1, -0.05) is 23.9 Å². The molecular formula is C20H19NO5S. The molecule has 2 amide bonds. The van der Waals surface area contributed by atoms with Gasteiger partial charge in [0.1, 0.15) is 30.0 Å². The third kappa shape index (κ3) is 4.19. The molecule has 2 N–H and O–H groups in total. The second-order valence-corrected chi connectivity index (χ2v) is 7.79. The Morgan fingerprint density at radius 1 is 1.19 bits per heavy atom. The van der Waals surface area contributed by atoms with Crippen molar-refractivity contribution in [2.45, 2.75) is 30.6 Å². The minimum absolute atomic E-state index is 0.0358. The highest BCUT2D eigenvalue weighted by atomic mass is 32.2. The lowest BCUT2D eigenvalue weighted by Gasteiger charge is -2.26. The number of carbonyl (C=O) groups is 2. The fourth-order valence-corrected chi connectivity index (χ4v) is 4.06. The lowest BCUT2D eigenvalue weighted by molar-refractivity contribution is -0.118. The van der Waals surface area contributed by atoms with Gasteiger partial charge in [0.15, 0.2) is 0 Å².